The summed E-state index contributed by atoms with van der Waals surface area (Å²) in [5.74, 6) is 5.00. The van der Waals surface area contributed by atoms with Gasteiger partial charge in [0.2, 0.25) is 0 Å². The lowest BCUT2D eigenvalue weighted by Crippen LogP contribution is -1.66. The molecule has 0 fully saturated rings. The normalized spacial score (nSPS) is 7.27. The fraction of sp³-hybridized carbons (Fsp3) is 0.694. The van der Waals surface area contributed by atoms with E-state index in [9.17, 15) is 0 Å². The van der Waals surface area contributed by atoms with Gasteiger partial charge < -0.3 is 0 Å². The molecular formula is C49H109N3. The van der Waals surface area contributed by atoms with Crippen molar-refractivity contribution in [3.63, 3.8) is 0 Å². The Morgan fingerprint density at radius 1 is 0.231 bits per heavy atom. The summed E-state index contributed by atoms with van der Waals surface area (Å²) in [6, 6.07) is 19.5. The molecule has 0 aliphatic heterocycles. The topological polar surface area (TPSA) is 38.7 Å². The summed E-state index contributed by atoms with van der Waals surface area (Å²) in [5, 5.41) is 0. The molecule has 0 aliphatic carbocycles. The second-order valence-electron chi connectivity index (χ2n) is 13.5. The van der Waals surface area contributed by atoms with Gasteiger partial charge in [0.25, 0.3) is 0 Å². The van der Waals surface area contributed by atoms with Gasteiger partial charge in [0.15, 0.2) is 0 Å². The lowest BCUT2D eigenvalue weighted by Gasteiger charge is -1.79. The summed E-state index contributed by atoms with van der Waals surface area (Å²) >= 11 is 0. The van der Waals surface area contributed by atoms with Crippen LogP contribution in [0.15, 0.2) is 91.8 Å². The Morgan fingerprint density at radius 2 is 0.365 bits per heavy atom. The largest absolute Gasteiger partial charge is 0.265 e. The molecule has 0 atom stereocenters. The van der Waals surface area contributed by atoms with Gasteiger partial charge in [-0.05, 0) is 53.7 Å². The summed E-state index contributed by atoms with van der Waals surface area (Å²) in [5.41, 5.74) is 0. The van der Waals surface area contributed by atoms with E-state index in [1.165, 1.54) is 6.33 Å². The number of hydrogen-bond acceptors (Lipinski definition) is 3. The molecule has 0 unspecified atom stereocenters. The number of benzene rings is 1. The second kappa shape index (κ2) is 97.5. The minimum absolute atomic E-state index is 0. The maximum absolute atomic E-state index is 3.78. The number of rotatable bonds is 0. The highest BCUT2D eigenvalue weighted by Crippen LogP contribution is 1.83. The fourth-order valence-corrected chi connectivity index (χ4v) is 0.951. The van der Waals surface area contributed by atoms with Gasteiger partial charge in [-0.15, -0.1) is 0 Å². The lowest BCUT2D eigenvalue weighted by molar-refractivity contribution is 0.736. The van der Waals surface area contributed by atoms with Gasteiger partial charge in [-0.25, -0.2) is 9.97 Å². The molecule has 0 radical (unpaired) electrons. The van der Waals surface area contributed by atoms with Crippen molar-refractivity contribution in [3.05, 3.63) is 91.8 Å². The summed E-state index contributed by atoms with van der Waals surface area (Å²) in [4.78, 5) is 11.1. The lowest BCUT2D eigenvalue weighted by atomic mass is 10.3. The number of aromatic nitrogens is 3. The predicted octanol–water partition coefficient (Wildman–Crippen LogP) is 18.8. The molecule has 0 saturated carbocycles. The van der Waals surface area contributed by atoms with Gasteiger partial charge >= 0.3 is 0 Å². The Bertz CT molecular complexity index is 493. The van der Waals surface area contributed by atoms with Gasteiger partial charge in [0.1, 0.15) is 6.33 Å². The van der Waals surface area contributed by atoms with Gasteiger partial charge in [0.05, 0.1) is 0 Å². The first kappa shape index (κ1) is 87.4. The predicted molar refractivity (Wildman–Crippen MR) is 257 cm³/mol. The van der Waals surface area contributed by atoms with E-state index in [2.05, 4.69) is 140 Å². The number of nitrogens with zero attached hydrogens (tertiary/aromatic N) is 3. The van der Waals surface area contributed by atoms with Crippen molar-refractivity contribution in [2.24, 2.45) is 35.5 Å². The summed E-state index contributed by atoms with van der Waals surface area (Å²) in [7, 11) is 0. The maximum Gasteiger partial charge on any atom is 0.115 e. The molecule has 3 heteroatoms. The molecule has 0 spiro atoms. The third-order valence-electron chi connectivity index (χ3n) is 1.71. The van der Waals surface area contributed by atoms with Gasteiger partial charge in [-0.3, -0.25) is 4.98 Å². The summed E-state index contributed by atoms with van der Waals surface area (Å²) in [6.07, 6.45) is 8.38. The molecule has 0 bridgehead atoms. The Kier molecular flexibility index (Phi) is 164. The van der Waals surface area contributed by atoms with Gasteiger partial charge in [-0.1, -0.05) is 238 Å². The second-order valence-corrected chi connectivity index (χ2v) is 13.5. The van der Waals surface area contributed by atoms with Crippen molar-refractivity contribution in [2.75, 3.05) is 0 Å². The smallest absolute Gasteiger partial charge is 0.115 e. The van der Waals surface area contributed by atoms with Crippen LogP contribution < -0.4 is 0 Å². The Morgan fingerprint density at radius 3 is 0.423 bits per heavy atom. The minimum Gasteiger partial charge on any atom is -0.265 e. The van der Waals surface area contributed by atoms with Crippen molar-refractivity contribution in [1.29, 1.82) is 0 Å². The van der Waals surface area contributed by atoms with Gasteiger partial charge in [0, 0.05) is 24.8 Å². The third kappa shape index (κ3) is 429. The molecule has 3 aromatic rings. The van der Waals surface area contributed by atoms with Crippen molar-refractivity contribution < 1.29 is 0 Å². The first-order valence-electron chi connectivity index (χ1n) is 18.9. The van der Waals surface area contributed by atoms with E-state index in [0.717, 1.165) is 35.5 Å². The maximum atomic E-state index is 3.78. The van der Waals surface area contributed by atoms with Crippen molar-refractivity contribution in [3.8, 4) is 0 Å². The molecule has 1 aromatic carbocycles. The van der Waals surface area contributed by atoms with E-state index >= 15 is 0 Å². The molecule has 320 valence electrons. The van der Waals surface area contributed by atoms with Crippen LogP contribution >= 0.6 is 0 Å². The molecule has 0 saturated heterocycles. The molecule has 52 heavy (non-hydrogen) atoms. The van der Waals surface area contributed by atoms with Crippen molar-refractivity contribution >= 4 is 0 Å². The molecule has 3 nitrogen and oxygen atoms in total. The third-order valence-corrected chi connectivity index (χ3v) is 1.71. The first-order chi connectivity index (χ1) is 22.4. The van der Waals surface area contributed by atoms with Crippen LogP contribution in [0.25, 0.3) is 0 Å². The van der Waals surface area contributed by atoms with E-state index < -0.39 is 0 Å². The molecule has 0 aliphatic rings. The Hall–Kier alpha value is -2.55. The molecule has 2 aromatic heterocycles. The van der Waals surface area contributed by atoms with E-state index in [-0.39, 0.29) is 29.7 Å². The molecular weight excluding hydrogens is 631 g/mol. The van der Waals surface area contributed by atoms with Crippen molar-refractivity contribution in [1.82, 2.24) is 15.0 Å². The number of pyridine rings is 1. The minimum atomic E-state index is 0. The van der Waals surface area contributed by atoms with E-state index in [1.807, 2.05) is 96.1 Å². The average Bonchev–Trinajstić information content (AvgIpc) is 3.02. The summed E-state index contributed by atoms with van der Waals surface area (Å²) in [6.45, 7) is 51.0. The number of hydrogen-bond donors (Lipinski definition) is 0. The van der Waals surface area contributed by atoms with Crippen LogP contribution in [0.2, 0.25) is 0 Å². The van der Waals surface area contributed by atoms with Crippen LogP contribution in [0.3, 0.4) is 0 Å². The Labute approximate surface area is 337 Å². The zero-order chi connectivity index (χ0) is 40.2. The van der Waals surface area contributed by atoms with E-state index in [0.29, 0.717) is 0 Å². The highest BCUT2D eigenvalue weighted by molar-refractivity contribution is 4.99. The monoisotopic (exact) mass is 740 g/mol. The van der Waals surface area contributed by atoms with Crippen LogP contribution in [0.1, 0.15) is 196 Å². The highest BCUT2D eigenvalue weighted by atomic mass is 14.8. The molecule has 3 rings (SSSR count). The van der Waals surface area contributed by atoms with Crippen LogP contribution in [-0.4, -0.2) is 15.0 Å². The van der Waals surface area contributed by atoms with E-state index in [4.69, 9.17) is 0 Å². The first-order valence-corrected chi connectivity index (χ1v) is 18.9. The van der Waals surface area contributed by atoms with Crippen LogP contribution in [0.5, 0.6) is 0 Å². The van der Waals surface area contributed by atoms with Crippen LogP contribution in [-0.2, 0) is 0 Å². The molecule has 2 heterocycles. The van der Waals surface area contributed by atoms with Crippen LogP contribution in [0, 0.1) is 35.5 Å². The average molecular weight is 740 g/mol. The zero-order valence-electron chi connectivity index (χ0n) is 37.5. The van der Waals surface area contributed by atoms with Gasteiger partial charge in [-0.2, -0.15) is 0 Å². The van der Waals surface area contributed by atoms with E-state index in [1.54, 1.807) is 30.9 Å². The SMILES string of the molecule is C.C.C.C.CC.CC.CC.CC(C)C.CC(C)C.CC(C)C.CC(C)C.CC(C)C.CC(C)C.c1ccccc1.c1ccncc1.c1cncnc1. The van der Waals surface area contributed by atoms with Crippen LogP contribution in [0.4, 0.5) is 0 Å². The standard InChI is InChI=1S/C6H6.C5H5N.C4H4N2.6C4H10.3C2H6.4CH4/c2*1-2-4-6-5-3-1;1-2-5-4-6-3-1;6*1-4(2)3;3*1-2;;;;/h1-6H;1-5H;1-4H;6*4H,1-3H3;3*1-2H3;4*1H4. The zero-order valence-corrected chi connectivity index (χ0v) is 37.5. The quantitative estimate of drug-likeness (QED) is 0.230. The molecule has 0 amide bonds. The highest BCUT2D eigenvalue weighted by Gasteiger charge is 1.70. The molecule has 0 N–H and O–H groups in total. The summed E-state index contributed by atoms with van der Waals surface area (Å²) < 4.78 is 0. The Balaban J connectivity index is -0.0000000293. The van der Waals surface area contributed by atoms with Crippen molar-refractivity contribution in [2.45, 2.75) is 196 Å². The fourth-order valence-electron chi connectivity index (χ4n) is 0.951.